The lowest BCUT2D eigenvalue weighted by Crippen LogP contribution is -3.13. The molecule has 1 aliphatic rings. The van der Waals surface area contributed by atoms with Crippen LogP contribution >= 0.6 is 0 Å². The highest BCUT2D eigenvalue weighted by Crippen LogP contribution is 2.12. The molecule has 0 bridgehead atoms. The number of rotatable bonds is 9. The van der Waals surface area contributed by atoms with Crippen LogP contribution in [0.15, 0.2) is 54.6 Å². The molecule has 30 heavy (non-hydrogen) atoms. The minimum Gasteiger partial charge on any atom is -0.494 e. The lowest BCUT2D eigenvalue weighted by atomic mass is 10.2. The standard InChI is InChI=1S/C24H31N3O3/c1-2-3-17-30-22-11-9-21(10-12-22)24(29)25-18-23(28)27-15-13-26(14-16-27)19-20-7-5-4-6-8-20/h4-12H,2-3,13-19H2,1H3,(H,25,29)/p+1. The first-order valence-electron chi connectivity index (χ1n) is 10.8. The van der Waals surface area contributed by atoms with Crippen molar-refractivity contribution < 1.29 is 19.2 Å². The second-order valence-electron chi connectivity index (χ2n) is 7.70. The fraction of sp³-hybridized carbons (Fsp3) is 0.417. The van der Waals surface area contributed by atoms with Crippen LogP contribution in [0.1, 0.15) is 35.7 Å². The Bertz CT molecular complexity index is 800. The summed E-state index contributed by atoms with van der Waals surface area (Å²) in [5.74, 6) is 0.491. The van der Waals surface area contributed by atoms with Gasteiger partial charge in [0.05, 0.1) is 39.3 Å². The Morgan fingerprint density at radius 2 is 1.73 bits per heavy atom. The molecule has 2 aromatic carbocycles. The lowest BCUT2D eigenvalue weighted by molar-refractivity contribution is -0.917. The van der Waals surface area contributed by atoms with Gasteiger partial charge in [0, 0.05) is 11.1 Å². The van der Waals surface area contributed by atoms with E-state index in [1.807, 2.05) is 11.0 Å². The van der Waals surface area contributed by atoms with E-state index in [1.165, 1.54) is 10.5 Å². The summed E-state index contributed by atoms with van der Waals surface area (Å²) in [7, 11) is 0. The van der Waals surface area contributed by atoms with Gasteiger partial charge in [0.1, 0.15) is 12.3 Å². The predicted molar refractivity (Wildman–Crippen MR) is 117 cm³/mol. The third-order valence-corrected chi connectivity index (χ3v) is 5.40. The average Bonchev–Trinajstić information content (AvgIpc) is 2.79. The van der Waals surface area contributed by atoms with Crippen LogP contribution in [0.5, 0.6) is 5.75 Å². The number of unbranched alkanes of at least 4 members (excludes halogenated alkanes) is 1. The van der Waals surface area contributed by atoms with Crippen LogP contribution in [0.4, 0.5) is 0 Å². The minimum atomic E-state index is -0.239. The van der Waals surface area contributed by atoms with E-state index in [2.05, 4.69) is 36.5 Å². The largest absolute Gasteiger partial charge is 0.494 e. The van der Waals surface area contributed by atoms with Crippen LogP contribution in [0.2, 0.25) is 0 Å². The molecule has 1 saturated heterocycles. The van der Waals surface area contributed by atoms with Crippen molar-refractivity contribution in [3.05, 3.63) is 65.7 Å². The molecule has 2 amide bonds. The number of hydrogen-bond donors (Lipinski definition) is 2. The van der Waals surface area contributed by atoms with Gasteiger partial charge in [-0.25, -0.2) is 0 Å². The summed E-state index contributed by atoms with van der Waals surface area (Å²) in [6.07, 6.45) is 2.09. The van der Waals surface area contributed by atoms with Crippen molar-refractivity contribution in [2.75, 3.05) is 39.3 Å². The molecule has 160 valence electrons. The third kappa shape index (κ3) is 6.59. The first kappa shape index (κ1) is 21.8. The number of piperazine rings is 1. The van der Waals surface area contributed by atoms with Crippen LogP contribution in [0, 0.1) is 0 Å². The number of ether oxygens (including phenoxy) is 1. The molecular weight excluding hydrogens is 378 g/mol. The molecule has 0 saturated carbocycles. The fourth-order valence-corrected chi connectivity index (χ4v) is 3.54. The molecule has 1 fully saturated rings. The number of carbonyl (C=O) groups excluding carboxylic acids is 2. The first-order valence-corrected chi connectivity index (χ1v) is 10.8. The Morgan fingerprint density at radius 1 is 1.03 bits per heavy atom. The summed E-state index contributed by atoms with van der Waals surface area (Å²) in [6, 6.07) is 17.5. The average molecular weight is 411 g/mol. The molecule has 0 spiro atoms. The van der Waals surface area contributed by atoms with Crippen molar-refractivity contribution in [2.24, 2.45) is 0 Å². The lowest BCUT2D eigenvalue weighted by Gasteiger charge is -2.32. The molecule has 6 heteroatoms. The van der Waals surface area contributed by atoms with Crippen LogP contribution in [0.3, 0.4) is 0 Å². The summed E-state index contributed by atoms with van der Waals surface area (Å²) in [4.78, 5) is 28.1. The monoisotopic (exact) mass is 410 g/mol. The van der Waals surface area contributed by atoms with E-state index in [9.17, 15) is 9.59 Å². The number of quaternary nitrogens is 1. The third-order valence-electron chi connectivity index (χ3n) is 5.40. The zero-order chi connectivity index (χ0) is 21.2. The van der Waals surface area contributed by atoms with E-state index in [0.29, 0.717) is 12.2 Å². The minimum absolute atomic E-state index is 0.0263. The van der Waals surface area contributed by atoms with Gasteiger partial charge in [-0.2, -0.15) is 0 Å². The molecule has 6 nitrogen and oxygen atoms in total. The first-order chi connectivity index (χ1) is 14.7. The number of nitrogens with one attached hydrogen (secondary N) is 2. The molecule has 1 heterocycles. The molecule has 2 N–H and O–H groups in total. The highest BCUT2D eigenvalue weighted by atomic mass is 16.5. The normalized spacial score (nSPS) is 14.4. The van der Waals surface area contributed by atoms with Crippen LogP contribution in [0.25, 0.3) is 0 Å². The molecule has 0 atom stereocenters. The molecule has 0 aliphatic carbocycles. The van der Waals surface area contributed by atoms with Crippen molar-refractivity contribution in [1.29, 1.82) is 0 Å². The van der Waals surface area contributed by atoms with Gasteiger partial charge in [-0.1, -0.05) is 43.7 Å². The molecule has 0 unspecified atom stereocenters. The van der Waals surface area contributed by atoms with E-state index in [1.54, 1.807) is 24.3 Å². The van der Waals surface area contributed by atoms with Gasteiger partial charge < -0.3 is 19.9 Å². The Labute approximate surface area is 178 Å². The summed E-state index contributed by atoms with van der Waals surface area (Å²) in [5, 5.41) is 2.74. The summed E-state index contributed by atoms with van der Waals surface area (Å²) in [5.41, 5.74) is 1.85. The Balaban J connectivity index is 1.38. The Kier molecular flexibility index (Phi) is 8.27. The van der Waals surface area contributed by atoms with Crippen molar-refractivity contribution in [1.82, 2.24) is 10.2 Å². The summed E-state index contributed by atoms with van der Waals surface area (Å²) < 4.78 is 5.61. The van der Waals surface area contributed by atoms with Crippen molar-refractivity contribution in [2.45, 2.75) is 26.3 Å². The smallest absolute Gasteiger partial charge is 0.251 e. The summed E-state index contributed by atoms with van der Waals surface area (Å²) in [6.45, 7) is 7.10. The molecule has 1 aliphatic heterocycles. The van der Waals surface area contributed by atoms with E-state index in [-0.39, 0.29) is 18.4 Å². The number of nitrogens with zero attached hydrogens (tertiary/aromatic N) is 1. The van der Waals surface area contributed by atoms with E-state index in [0.717, 1.165) is 51.3 Å². The maximum Gasteiger partial charge on any atom is 0.251 e. The van der Waals surface area contributed by atoms with Gasteiger partial charge in [0.15, 0.2) is 0 Å². The van der Waals surface area contributed by atoms with Crippen molar-refractivity contribution in [3.8, 4) is 5.75 Å². The summed E-state index contributed by atoms with van der Waals surface area (Å²) >= 11 is 0. The van der Waals surface area contributed by atoms with Gasteiger partial charge in [-0.05, 0) is 30.7 Å². The SMILES string of the molecule is CCCCOc1ccc(C(=O)NCC(=O)N2CC[NH+](Cc3ccccc3)CC2)cc1. The number of carbonyl (C=O) groups is 2. The van der Waals surface area contributed by atoms with Crippen LogP contribution in [-0.4, -0.2) is 56.0 Å². The van der Waals surface area contributed by atoms with Gasteiger partial charge in [-0.15, -0.1) is 0 Å². The van der Waals surface area contributed by atoms with E-state index < -0.39 is 0 Å². The quantitative estimate of drug-likeness (QED) is 0.616. The van der Waals surface area contributed by atoms with Crippen molar-refractivity contribution >= 4 is 11.8 Å². The highest BCUT2D eigenvalue weighted by molar-refractivity contribution is 5.96. The van der Waals surface area contributed by atoms with Gasteiger partial charge >= 0.3 is 0 Å². The zero-order valence-corrected chi connectivity index (χ0v) is 17.7. The fourth-order valence-electron chi connectivity index (χ4n) is 3.54. The second-order valence-corrected chi connectivity index (χ2v) is 7.70. The molecule has 0 radical (unpaired) electrons. The predicted octanol–water partition coefficient (Wildman–Crippen LogP) is 1.52. The number of benzene rings is 2. The number of amides is 2. The maximum atomic E-state index is 12.5. The number of hydrogen-bond acceptors (Lipinski definition) is 3. The second kappa shape index (κ2) is 11.4. The van der Waals surface area contributed by atoms with E-state index in [4.69, 9.17) is 4.74 Å². The Morgan fingerprint density at radius 3 is 2.40 bits per heavy atom. The van der Waals surface area contributed by atoms with Gasteiger partial charge in [-0.3, -0.25) is 9.59 Å². The molecule has 2 aromatic rings. The van der Waals surface area contributed by atoms with Crippen molar-refractivity contribution in [3.63, 3.8) is 0 Å². The zero-order valence-electron chi connectivity index (χ0n) is 17.7. The van der Waals surface area contributed by atoms with Gasteiger partial charge in [0.25, 0.3) is 5.91 Å². The van der Waals surface area contributed by atoms with Crippen LogP contribution in [-0.2, 0) is 11.3 Å². The van der Waals surface area contributed by atoms with E-state index >= 15 is 0 Å². The highest BCUT2D eigenvalue weighted by Gasteiger charge is 2.24. The maximum absolute atomic E-state index is 12.5. The Hall–Kier alpha value is -2.86. The van der Waals surface area contributed by atoms with Gasteiger partial charge in [0.2, 0.25) is 5.91 Å². The van der Waals surface area contributed by atoms with Crippen LogP contribution < -0.4 is 15.0 Å². The topological polar surface area (TPSA) is 63.1 Å². The molecule has 3 rings (SSSR count). The molecule has 0 aromatic heterocycles. The molecular formula is C24H32N3O3+.